The largest absolute Gasteiger partial charge is 0.451 e. The molecule has 0 saturated heterocycles. The van der Waals surface area contributed by atoms with Crippen molar-refractivity contribution in [1.82, 2.24) is 0 Å². The van der Waals surface area contributed by atoms with E-state index in [2.05, 4.69) is 21.2 Å². The van der Waals surface area contributed by atoms with Crippen LogP contribution in [-0.2, 0) is 0 Å². The fourth-order valence-corrected chi connectivity index (χ4v) is 2.47. The van der Waals surface area contributed by atoms with Gasteiger partial charge in [0, 0.05) is 20.6 Å². The lowest BCUT2D eigenvalue weighted by Crippen LogP contribution is -2.11. The van der Waals surface area contributed by atoms with E-state index in [1.165, 1.54) is 0 Å². The molecule has 6 heteroatoms. The lowest BCUT2D eigenvalue weighted by atomic mass is 10.2. The molecule has 1 aromatic heterocycles. The van der Waals surface area contributed by atoms with Gasteiger partial charge < -0.3 is 15.5 Å². The number of nitrogen functional groups attached to an aromatic ring is 1. The average molecular weight is 366 g/mol. The number of carbonyl (C=O) groups is 1. The molecule has 0 bridgehead atoms. The number of halogens is 2. The van der Waals surface area contributed by atoms with Crippen LogP contribution in [0.25, 0.3) is 11.0 Å². The molecule has 0 aliphatic heterocycles. The Morgan fingerprint density at radius 1 is 1.19 bits per heavy atom. The van der Waals surface area contributed by atoms with Crippen molar-refractivity contribution in [2.75, 3.05) is 11.1 Å². The number of furan rings is 1. The Bertz CT molecular complexity index is 845. The zero-order valence-electron chi connectivity index (χ0n) is 10.7. The maximum absolute atomic E-state index is 12.2. The fourth-order valence-electron chi connectivity index (χ4n) is 1.95. The third-order valence-electron chi connectivity index (χ3n) is 2.94. The molecule has 3 N–H and O–H groups in total. The summed E-state index contributed by atoms with van der Waals surface area (Å²) in [5, 5.41) is 4.06. The fraction of sp³-hybridized carbons (Fsp3) is 0. The number of nitrogens with one attached hydrogen (secondary N) is 1. The highest BCUT2D eigenvalue weighted by Crippen LogP contribution is 2.27. The maximum atomic E-state index is 12.2. The van der Waals surface area contributed by atoms with Crippen LogP contribution in [0.1, 0.15) is 10.6 Å². The van der Waals surface area contributed by atoms with Gasteiger partial charge in [-0.3, -0.25) is 4.79 Å². The summed E-state index contributed by atoms with van der Waals surface area (Å²) in [7, 11) is 0. The third kappa shape index (κ3) is 2.89. The number of nitrogens with two attached hydrogens (primary N) is 1. The molecule has 1 amide bonds. The molecule has 0 saturated carbocycles. The Labute approximate surface area is 134 Å². The first-order valence-electron chi connectivity index (χ1n) is 6.08. The van der Waals surface area contributed by atoms with Gasteiger partial charge in [0.2, 0.25) is 0 Å². The van der Waals surface area contributed by atoms with Crippen LogP contribution in [0, 0.1) is 0 Å². The number of hydrogen-bond donors (Lipinski definition) is 2. The summed E-state index contributed by atoms with van der Waals surface area (Å²) in [6, 6.07) is 12.0. The van der Waals surface area contributed by atoms with E-state index in [9.17, 15) is 4.79 Å². The number of fused-ring (bicyclic) bond motifs is 1. The van der Waals surface area contributed by atoms with Gasteiger partial charge >= 0.3 is 0 Å². The lowest BCUT2D eigenvalue weighted by Gasteiger charge is -2.06. The number of hydrogen-bond acceptors (Lipinski definition) is 3. The molecular weight excluding hydrogens is 356 g/mol. The average Bonchev–Trinajstić information content (AvgIpc) is 2.86. The van der Waals surface area contributed by atoms with Crippen molar-refractivity contribution in [2.45, 2.75) is 0 Å². The molecule has 106 valence electrons. The molecule has 3 aromatic rings. The number of amides is 1. The van der Waals surface area contributed by atoms with E-state index in [0.717, 1.165) is 9.86 Å². The van der Waals surface area contributed by atoms with E-state index in [1.54, 1.807) is 42.5 Å². The van der Waals surface area contributed by atoms with Gasteiger partial charge in [0.1, 0.15) is 5.58 Å². The predicted molar refractivity (Wildman–Crippen MR) is 87.7 cm³/mol. The lowest BCUT2D eigenvalue weighted by molar-refractivity contribution is 0.0998. The van der Waals surface area contributed by atoms with Crippen molar-refractivity contribution >= 4 is 55.8 Å². The van der Waals surface area contributed by atoms with Crippen molar-refractivity contribution in [2.24, 2.45) is 0 Å². The zero-order chi connectivity index (χ0) is 15.0. The van der Waals surface area contributed by atoms with Gasteiger partial charge in [-0.15, -0.1) is 0 Å². The zero-order valence-corrected chi connectivity index (χ0v) is 13.0. The van der Waals surface area contributed by atoms with Gasteiger partial charge in [-0.25, -0.2) is 0 Å². The molecular formula is C15H10BrClN2O2. The van der Waals surface area contributed by atoms with Crippen molar-refractivity contribution in [1.29, 1.82) is 0 Å². The molecule has 0 atom stereocenters. The number of benzene rings is 2. The van der Waals surface area contributed by atoms with Crippen molar-refractivity contribution in [3.05, 3.63) is 57.7 Å². The molecule has 0 radical (unpaired) electrons. The second-order valence-corrected chi connectivity index (χ2v) is 5.78. The summed E-state index contributed by atoms with van der Waals surface area (Å²) >= 11 is 9.27. The normalized spacial score (nSPS) is 10.8. The highest BCUT2D eigenvalue weighted by atomic mass is 79.9. The summed E-state index contributed by atoms with van der Waals surface area (Å²) < 4.78 is 6.25. The quantitative estimate of drug-likeness (QED) is 0.648. The first-order chi connectivity index (χ1) is 10.0. The van der Waals surface area contributed by atoms with Crippen molar-refractivity contribution in [3.8, 4) is 0 Å². The van der Waals surface area contributed by atoms with Crippen LogP contribution in [0.5, 0.6) is 0 Å². The van der Waals surface area contributed by atoms with Crippen LogP contribution in [-0.4, -0.2) is 5.91 Å². The minimum Gasteiger partial charge on any atom is -0.451 e. The second-order valence-electron chi connectivity index (χ2n) is 4.49. The predicted octanol–water partition coefficient (Wildman–Crippen LogP) is 4.68. The minimum atomic E-state index is -0.354. The molecule has 21 heavy (non-hydrogen) atoms. The Balaban J connectivity index is 1.91. The molecule has 1 heterocycles. The molecule has 0 aliphatic rings. The summed E-state index contributed by atoms with van der Waals surface area (Å²) in [5.41, 5.74) is 7.51. The molecule has 0 spiro atoms. The molecule has 3 rings (SSSR count). The number of anilines is 2. The Kier molecular flexibility index (Phi) is 3.61. The van der Waals surface area contributed by atoms with E-state index in [-0.39, 0.29) is 11.7 Å². The van der Waals surface area contributed by atoms with Gasteiger partial charge in [0.15, 0.2) is 5.76 Å². The van der Waals surface area contributed by atoms with Gasteiger partial charge in [-0.2, -0.15) is 0 Å². The van der Waals surface area contributed by atoms with Gasteiger partial charge in [-0.1, -0.05) is 11.6 Å². The monoisotopic (exact) mass is 364 g/mol. The summed E-state index contributed by atoms with van der Waals surface area (Å²) in [4.78, 5) is 12.2. The van der Waals surface area contributed by atoms with Crippen LogP contribution < -0.4 is 11.1 Å². The topological polar surface area (TPSA) is 68.3 Å². The number of rotatable bonds is 2. The SMILES string of the molecule is Nc1ccc2oc(C(=O)Nc3cc(Cl)ccc3Br)cc2c1. The Hall–Kier alpha value is -1.98. The first kappa shape index (κ1) is 14.0. The molecule has 0 fully saturated rings. The van der Waals surface area contributed by atoms with Crippen molar-refractivity contribution < 1.29 is 9.21 Å². The second kappa shape index (κ2) is 5.42. The van der Waals surface area contributed by atoms with Crippen LogP contribution in [0.4, 0.5) is 11.4 Å². The first-order valence-corrected chi connectivity index (χ1v) is 7.25. The van der Waals surface area contributed by atoms with Crippen LogP contribution >= 0.6 is 27.5 Å². The van der Waals surface area contributed by atoms with E-state index >= 15 is 0 Å². The molecule has 4 nitrogen and oxygen atoms in total. The maximum Gasteiger partial charge on any atom is 0.291 e. The van der Waals surface area contributed by atoms with E-state index < -0.39 is 0 Å². The standard InChI is InChI=1S/C15H10BrClN2O2/c16-11-3-1-9(17)7-12(11)19-15(20)14-6-8-5-10(18)2-4-13(8)21-14/h1-7H,18H2,(H,19,20). The summed E-state index contributed by atoms with van der Waals surface area (Å²) in [6.07, 6.45) is 0. The van der Waals surface area contributed by atoms with E-state index in [1.807, 2.05) is 0 Å². The molecule has 0 aliphatic carbocycles. The highest BCUT2D eigenvalue weighted by Gasteiger charge is 2.14. The third-order valence-corrected chi connectivity index (χ3v) is 3.87. The molecule has 0 unspecified atom stereocenters. The Morgan fingerprint density at radius 2 is 2.00 bits per heavy atom. The summed E-state index contributed by atoms with van der Waals surface area (Å²) in [5.74, 6) is -0.143. The van der Waals surface area contributed by atoms with Crippen LogP contribution in [0.3, 0.4) is 0 Å². The van der Waals surface area contributed by atoms with Crippen LogP contribution in [0.15, 0.2) is 51.4 Å². The van der Waals surface area contributed by atoms with E-state index in [4.69, 9.17) is 21.8 Å². The highest BCUT2D eigenvalue weighted by molar-refractivity contribution is 9.10. The van der Waals surface area contributed by atoms with Crippen LogP contribution in [0.2, 0.25) is 5.02 Å². The summed E-state index contributed by atoms with van der Waals surface area (Å²) in [6.45, 7) is 0. The number of carbonyl (C=O) groups excluding carboxylic acids is 1. The van der Waals surface area contributed by atoms with Crippen molar-refractivity contribution in [3.63, 3.8) is 0 Å². The smallest absolute Gasteiger partial charge is 0.291 e. The van der Waals surface area contributed by atoms with Gasteiger partial charge in [0.05, 0.1) is 5.69 Å². The van der Waals surface area contributed by atoms with Gasteiger partial charge in [-0.05, 0) is 58.4 Å². The Morgan fingerprint density at radius 3 is 2.81 bits per heavy atom. The minimum absolute atomic E-state index is 0.211. The van der Waals surface area contributed by atoms with E-state index in [0.29, 0.717) is 22.0 Å². The van der Waals surface area contributed by atoms with Gasteiger partial charge in [0.25, 0.3) is 5.91 Å². The molecule has 2 aromatic carbocycles.